The predicted octanol–water partition coefficient (Wildman–Crippen LogP) is 5.45. The second kappa shape index (κ2) is 6.87. The monoisotopic (exact) mass is 366 g/mol. The largest absolute Gasteiger partial charge is 0.297 e. The van der Waals surface area contributed by atoms with Crippen LogP contribution in [0.3, 0.4) is 0 Å². The first kappa shape index (κ1) is 19.0. The molecule has 0 N–H and O–H groups in total. The van der Waals surface area contributed by atoms with Gasteiger partial charge in [0.25, 0.3) is 10.1 Å². The molecule has 0 aliphatic carbocycles. The first-order valence-corrected chi connectivity index (χ1v) is 9.55. The normalized spacial score (nSPS) is 13.8. The highest BCUT2D eigenvalue weighted by Crippen LogP contribution is 2.39. The van der Waals surface area contributed by atoms with Crippen LogP contribution in [0, 0.1) is 19.3 Å². The summed E-state index contributed by atoms with van der Waals surface area (Å²) >= 11 is 6.21. The Morgan fingerprint density at radius 3 is 2.08 bits per heavy atom. The SMILES string of the molecule is Cc1ccc(S(=O)(=O)OC(c2ccc(C)c(Cl)c2)C(C)(C)C)cc1. The van der Waals surface area contributed by atoms with Gasteiger partial charge in [0.2, 0.25) is 0 Å². The van der Waals surface area contributed by atoms with Crippen LogP contribution in [0.2, 0.25) is 5.02 Å². The Bertz CT molecular complexity index is 819. The van der Waals surface area contributed by atoms with Crippen molar-refractivity contribution in [1.29, 1.82) is 0 Å². The summed E-state index contributed by atoms with van der Waals surface area (Å²) in [5, 5.41) is 0.595. The van der Waals surface area contributed by atoms with Gasteiger partial charge in [-0.1, -0.05) is 62.2 Å². The molecule has 1 unspecified atom stereocenters. The molecule has 0 aromatic heterocycles. The first-order chi connectivity index (χ1) is 11.0. The molecule has 0 bridgehead atoms. The Hall–Kier alpha value is -1.36. The third-order valence-corrected chi connectivity index (χ3v) is 5.52. The van der Waals surface area contributed by atoms with E-state index in [0.717, 1.165) is 16.7 Å². The van der Waals surface area contributed by atoms with E-state index in [2.05, 4.69) is 0 Å². The van der Waals surface area contributed by atoms with E-state index in [-0.39, 0.29) is 4.90 Å². The lowest BCUT2D eigenvalue weighted by molar-refractivity contribution is 0.0934. The summed E-state index contributed by atoms with van der Waals surface area (Å²) in [4.78, 5) is 0.153. The summed E-state index contributed by atoms with van der Waals surface area (Å²) in [5.74, 6) is 0. The van der Waals surface area contributed by atoms with Crippen molar-refractivity contribution >= 4 is 21.7 Å². The van der Waals surface area contributed by atoms with Crippen LogP contribution in [-0.4, -0.2) is 8.42 Å². The lowest BCUT2D eigenvalue weighted by Crippen LogP contribution is -2.24. The molecule has 0 saturated heterocycles. The second-order valence-corrected chi connectivity index (χ2v) is 9.10. The second-order valence-electron chi connectivity index (χ2n) is 7.12. The van der Waals surface area contributed by atoms with Gasteiger partial charge in [0.1, 0.15) is 6.10 Å². The molecular weight excluding hydrogens is 344 g/mol. The number of aryl methyl sites for hydroxylation is 2. The summed E-state index contributed by atoms with van der Waals surface area (Å²) in [6, 6.07) is 12.1. The molecule has 0 radical (unpaired) electrons. The molecule has 0 heterocycles. The van der Waals surface area contributed by atoms with Gasteiger partial charge in [-0.3, -0.25) is 4.18 Å². The van der Waals surface area contributed by atoms with Crippen molar-refractivity contribution in [2.75, 3.05) is 0 Å². The van der Waals surface area contributed by atoms with Crippen LogP contribution in [0.1, 0.15) is 43.6 Å². The Morgan fingerprint density at radius 2 is 1.58 bits per heavy atom. The molecule has 0 spiro atoms. The molecule has 1 atom stereocenters. The first-order valence-electron chi connectivity index (χ1n) is 7.77. The highest BCUT2D eigenvalue weighted by atomic mass is 35.5. The summed E-state index contributed by atoms with van der Waals surface area (Å²) in [6.45, 7) is 9.63. The van der Waals surface area contributed by atoms with E-state index < -0.39 is 21.6 Å². The summed E-state index contributed by atoms with van der Waals surface area (Å²) in [7, 11) is -3.87. The van der Waals surface area contributed by atoms with E-state index in [9.17, 15) is 8.42 Å². The number of rotatable bonds is 4. The molecule has 130 valence electrons. The van der Waals surface area contributed by atoms with Crippen molar-refractivity contribution in [3.05, 3.63) is 64.2 Å². The maximum Gasteiger partial charge on any atom is 0.297 e. The number of hydrogen-bond acceptors (Lipinski definition) is 3. The molecule has 3 nitrogen and oxygen atoms in total. The van der Waals surface area contributed by atoms with Crippen LogP contribution in [-0.2, 0) is 14.3 Å². The van der Waals surface area contributed by atoms with Crippen molar-refractivity contribution in [2.45, 2.75) is 45.6 Å². The third kappa shape index (κ3) is 4.38. The van der Waals surface area contributed by atoms with Crippen molar-refractivity contribution < 1.29 is 12.6 Å². The van der Waals surface area contributed by atoms with E-state index in [0.29, 0.717) is 5.02 Å². The van der Waals surface area contributed by atoms with Crippen LogP contribution in [0.15, 0.2) is 47.4 Å². The lowest BCUT2D eigenvalue weighted by atomic mass is 9.84. The smallest absolute Gasteiger partial charge is 0.258 e. The zero-order valence-corrected chi connectivity index (χ0v) is 16.2. The molecule has 0 aliphatic rings. The van der Waals surface area contributed by atoms with Crippen LogP contribution in [0.25, 0.3) is 0 Å². The van der Waals surface area contributed by atoms with Gasteiger partial charge < -0.3 is 0 Å². The maximum atomic E-state index is 12.7. The zero-order valence-electron chi connectivity index (χ0n) is 14.6. The molecule has 0 amide bonds. The van der Waals surface area contributed by atoms with Gasteiger partial charge in [0.05, 0.1) is 4.90 Å². The van der Waals surface area contributed by atoms with Gasteiger partial charge in [-0.05, 0) is 48.6 Å². The average Bonchev–Trinajstić information content (AvgIpc) is 2.47. The molecule has 0 saturated carbocycles. The molecule has 24 heavy (non-hydrogen) atoms. The fourth-order valence-electron chi connectivity index (χ4n) is 2.36. The Kier molecular flexibility index (Phi) is 5.43. The molecule has 5 heteroatoms. The highest BCUT2D eigenvalue weighted by molar-refractivity contribution is 7.86. The molecule has 0 fully saturated rings. The lowest BCUT2D eigenvalue weighted by Gasteiger charge is -2.30. The van der Waals surface area contributed by atoms with E-state index in [1.165, 1.54) is 0 Å². The van der Waals surface area contributed by atoms with Gasteiger partial charge in [0, 0.05) is 5.02 Å². The summed E-state index contributed by atoms with van der Waals surface area (Å²) in [5.41, 5.74) is 2.26. The molecule has 0 aliphatic heterocycles. The quantitative estimate of drug-likeness (QED) is 0.676. The van der Waals surface area contributed by atoms with Crippen molar-refractivity contribution in [3.8, 4) is 0 Å². The Labute approximate surface area is 149 Å². The van der Waals surface area contributed by atoms with Gasteiger partial charge in [-0.25, -0.2) is 0 Å². The minimum absolute atomic E-state index is 0.153. The number of benzene rings is 2. The minimum Gasteiger partial charge on any atom is -0.258 e. The zero-order chi connectivity index (χ0) is 18.1. The van der Waals surface area contributed by atoms with Crippen molar-refractivity contribution in [2.24, 2.45) is 5.41 Å². The van der Waals surface area contributed by atoms with Crippen LogP contribution >= 0.6 is 11.6 Å². The van der Waals surface area contributed by atoms with Crippen LogP contribution < -0.4 is 0 Å². The predicted molar refractivity (Wildman–Crippen MR) is 97.8 cm³/mol. The fraction of sp³-hybridized carbons (Fsp3) is 0.368. The molecule has 2 rings (SSSR count). The van der Waals surface area contributed by atoms with E-state index in [1.807, 2.05) is 46.8 Å². The maximum absolute atomic E-state index is 12.7. The molecule has 2 aromatic rings. The van der Waals surface area contributed by atoms with Crippen molar-refractivity contribution in [1.82, 2.24) is 0 Å². The molecular formula is C19H23ClO3S. The third-order valence-electron chi connectivity index (χ3n) is 3.82. The topological polar surface area (TPSA) is 43.4 Å². The Morgan fingerprint density at radius 1 is 1.00 bits per heavy atom. The Balaban J connectivity index is 2.42. The highest BCUT2D eigenvalue weighted by Gasteiger charge is 2.33. The summed E-state index contributed by atoms with van der Waals surface area (Å²) in [6.07, 6.45) is -0.637. The number of halogens is 1. The average molecular weight is 367 g/mol. The van der Waals surface area contributed by atoms with Crippen molar-refractivity contribution in [3.63, 3.8) is 0 Å². The van der Waals surface area contributed by atoms with Gasteiger partial charge in [-0.15, -0.1) is 0 Å². The fourth-order valence-corrected chi connectivity index (χ4v) is 3.78. The van der Waals surface area contributed by atoms with E-state index >= 15 is 0 Å². The molecule has 2 aromatic carbocycles. The van der Waals surface area contributed by atoms with E-state index in [1.54, 1.807) is 30.3 Å². The minimum atomic E-state index is -3.87. The number of hydrogen-bond donors (Lipinski definition) is 0. The standard InChI is InChI=1S/C19H23ClO3S/c1-13-6-10-16(11-7-13)24(21,22)23-18(19(3,4)5)15-9-8-14(2)17(20)12-15/h6-12,18H,1-5H3. The van der Waals surface area contributed by atoms with Crippen LogP contribution in [0.5, 0.6) is 0 Å². The van der Waals surface area contributed by atoms with Gasteiger partial charge >= 0.3 is 0 Å². The van der Waals surface area contributed by atoms with Gasteiger partial charge in [-0.2, -0.15) is 8.42 Å². The summed E-state index contributed by atoms with van der Waals surface area (Å²) < 4.78 is 31.0. The van der Waals surface area contributed by atoms with E-state index in [4.69, 9.17) is 15.8 Å². The van der Waals surface area contributed by atoms with Gasteiger partial charge in [0.15, 0.2) is 0 Å². The van der Waals surface area contributed by atoms with Crippen LogP contribution in [0.4, 0.5) is 0 Å².